The van der Waals surface area contributed by atoms with Crippen molar-refractivity contribution >= 4 is 38.8 Å². The molecule has 0 unspecified atom stereocenters. The van der Waals surface area contributed by atoms with E-state index in [1.165, 1.54) is 12.3 Å². The normalized spacial score (nSPS) is 10.1. The molecule has 1 heterocycles. The molecule has 6 nitrogen and oxygen atoms in total. The lowest BCUT2D eigenvalue weighted by Gasteiger charge is -2.06. The predicted octanol–water partition coefficient (Wildman–Crippen LogP) is 3.08. The first-order chi connectivity index (χ1) is 8.56. The van der Waals surface area contributed by atoms with Crippen molar-refractivity contribution < 1.29 is 4.92 Å². The number of halogens is 1. The number of nitrogens with two attached hydrogens (primary N) is 1. The Morgan fingerprint density at radius 1 is 1.33 bits per heavy atom. The minimum absolute atomic E-state index is 0.0961. The Morgan fingerprint density at radius 3 is 2.61 bits per heavy atom. The molecule has 0 spiro atoms. The number of benzene rings is 1. The van der Waals surface area contributed by atoms with Gasteiger partial charge < -0.3 is 11.1 Å². The number of nitrogen functional groups attached to an aromatic ring is 1. The summed E-state index contributed by atoms with van der Waals surface area (Å²) in [5.74, 6) is 0.188. The van der Waals surface area contributed by atoms with Crippen LogP contribution in [0.15, 0.2) is 41.0 Å². The van der Waals surface area contributed by atoms with Gasteiger partial charge in [0.2, 0.25) is 5.82 Å². The van der Waals surface area contributed by atoms with E-state index in [9.17, 15) is 10.1 Å². The van der Waals surface area contributed by atoms with Gasteiger partial charge in [-0.1, -0.05) is 0 Å². The molecule has 7 heteroatoms. The van der Waals surface area contributed by atoms with E-state index in [0.717, 1.165) is 0 Å². The highest BCUT2D eigenvalue weighted by Crippen LogP contribution is 2.28. The summed E-state index contributed by atoms with van der Waals surface area (Å²) in [6.07, 6.45) is 1.49. The summed E-state index contributed by atoms with van der Waals surface area (Å²) in [7, 11) is 0. The van der Waals surface area contributed by atoms with Crippen molar-refractivity contribution in [2.75, 3.05) is 11.1 Å². The van der Waals surface area contributed by atoms with E-state index in [1.54, 1.807) is 24.3 Å². The second-order valence-electron chi connectivity index (χ2n) is 3.53. The third-order valence-electron chi connectivity index (χ3n) is 2.20. The fourth-order valence-corrected chi connectivity index (χ4v) is 1.69. The standard InChI is InChI=1S/C11H9BrN4O2/c12-7-5-10(16(17)18)11(14-6-7)15-9-3-1-8(13)2-4-9/h1-6H,13H2,(H,14,15). The van der Waals surface area contributed by atoms with E-state index in [-0.39, 0.29) is 11.5 Å². The molecule has 0 atom stereocenters. The third-order valence-corrected chi connectivity index (χ3v) is 2.64. The van der Waals surface area contributed by atoms with Crippen LogP contribution < -0.4 is 11.1 Å². The molecule has 3 N–H and O–H groups in total. The number of pyridine rings is 1. The predicted molar refractivity (Wildman–Crippen MR) is 72.7 cm³/mol. The highest BCUT2D eigenvalue weighted by Gasteiger charge is 2.15. The van der Waals surface area contributed by atoms with Crippen molar-refractivity contribution in [1.82, 2.24) is 4.98 Å². The van der Waals surface area contributed by atoms with E-state index in [1.807, 2.05) is 0 Å². The Labute approximate surface area is 111 Å². The maximum atomic E-state index is 10.9. The molecular weight excluding hydrogens is 300 g/mol. The first-order valence-corrected chi connectivity index (χ1v) is 5.78. The van der Waals surface area contributed by atoms with Gasteiger partial charge in [0, 0.05) is 28.1 Å². The molecule has 0 saturated heterocycles. The number of aromatic nitrogens is 1. The number of anilines is 3. The number of hydrogen-bond acceptors (Lipinski definition) is 5. The highest BCUT2D eigenvalue weighted by molar-refractivity contribution is 9.10. The van der Waals surface area contributed by atoms with Crippen molar-refractivity contribution in [3.05, 3.63) is 51.1 Å². The number of rotatable bonds is 3. The molecule has 0 saturated carbocycles. The molecule has 0 radical (unpaired) electrons. The van der Waals surface area contributed by atoms with Crippen molar-refractivity contribution in [1.29, 1.82) is 0 Å². The third kappa shape index (κ3) is 2.75. The van der Waals surface area contributed by atoms with Crippen LogP contribution in [0.25, 0.3) is 0 Å². The second-order valence-corrected chi connectivity index (χ2v) is 4.44. The fourth-order valence-electron chi connectivity index (χ4n) is 1.37. The monoisotopic (exact) mass is 308 g/mol. The lowest BCUT2D eigenvalue weighted by Crippen LogP contribution is -1.99. The van der Waals surface area contributed by atoms with Crippen molar-refractivity contribution in [3.63, 3.8) is 0 Å². The molecule has 0 aliphatic rings. The maximum Gasteiger partial charge on any atom is 0.312 e. The number of nitrogens with one attached hydrogen (secondary N) is 1. The van der Waals surface area contributed by atoms with Gasteiger partial charge in [-0.3, -0.25) is 10.1 Å². The van der Waals surface area contributed by atoms with Gasteiger partial charge in [-0.2, -0.15) is 0 Å². The topological polar surface area (TPSA) is 94.1 Å². The van der Waals surface area contributed by atoms with E-state index in [0.29, 0.717) is 15.8 Å². The van der Waals surface area contributed by atoms with E-state index < -0.39 is 4.92 Å². The lowest BCUT2D eigenvalue weighted by atomic mass is 10.3. The van der Waals surface area contributed by atoms with Gasteiger partial charge in [0.25, 0.3) is 0 Å². The molecular formula is C11H9BrN4O2. The molecule has 1 aromatic carbocycles. The Hall–Kier alpha value is -2.15. The van der Waals surface area contributed by atoms with Crippen LogP contribution >= 0.6 is 15.9 Å². The van der Waals surface area contributed by atoms with Crippen LogP contribution in [0.4, 0.5) is 22.9 Å². The Balaban J connectivity index is 2.34. The summed E-state index contributed by atoms with van der Waals surface area (Å²) in [5, 5.41) is 13.8. The molecule has 0 bridgehead atoms. The number of nitrogens with zero attached hydrogens (tertiary/aromatic N) is 2. The quantitative estimate of drug-likeness (QED) is 0.516. The van der Waals surface area contributed by atoms with Crippen LogP contribution in [-0.4, -0.2) is 9.91 Å². The van der Waals surface area contributed by atoms with Gasteiger partial charge in [0.1, 0.15) is 0 Å². The lowest BCUT2D eigenvalue weighted by molar-refractivity contribution is -0.384. The van der Waals surface area contributed by atoms with E-state index >= 15 is 0 Å². The Bertz CT molecular complexity index is 586. The molecule has 1 aromatic heterocycles. The summed E-state index contributed by atoms with van der Waals surface area (Å²) in [5.41, 5.74) is 6.77. The van der Waals surface area contributed by atoms with Crippen LogP contribution in [0.3, 0.4) is 0 Å². The van der Waals surface area contributed by atoms with Crippen LogP contribution in [0.5, 0.6) is 0 Å². The van der Waals surface area contributed by atoms with Crippen LogP contribution in [0.1, 0.15) is 0 Å². The maximum absolute atomic E-state index is 10.9. The SMILES string of the molecule is Nc1ccc(Nc2ncc(Br)cc2[N+](=O)[O-])cc1. The number of hydrogen-bond donors (Lipinski definition) is 2. The minimum Gasteiger partial charge on any atom is -0.399 e. The minimum atomic E-state index is -0.489. The zero-order valence-electron chi connectivity index (χ0n) is 9.13. The molecule has 2 rings (SSSR count). The van der Waals surface area contributed by atoms with Gasteiger partial charge in [-0.05, 0) is 40.2 Å². The van der Waals surface area contributed by atoms with Crippen LogP contribution in [0, 0.1) is 10.1 Å². The summed E-state index contributed by atoms with van der Waals surface area (Å²) in [4.78, 5) is 14.4. The highest BCUT2D eigenvalue weighted by atomic mass is 79.9. The summed E-state index contributed by atoms with van der Waals surface area (Å²) < 4.78 is 0.553. The van der Waals surface area contributed by atoms with Gasteiger partial charge in [-0.15, -0.1) is 0 Å². The molecule has 18 heavy (non-hydrogen) atoms. The first-order valence-electron chi connectivity index (χ1n) is 4.99. The van der Waals surface area contributed by atoms with Crippen molar-refractivity contribution in [2.45, 2.75) is 0 Å². The zero-order chi connectivity index (χ0) is 13.1. The molecule has 0 fully saturated rings. The number of nitro groups is 1. The molecule has 92 valence electrons. The van der Waals surface area contributed by atoms with Crippen LogP contribution in [0.2, 0.25) is 0 Å². The van der Waals surface area contributed by atoms with Gasteiger partial charge >= 0.3 is 5.69 Å². The Morgan fingerprint density at radius 2 is 2.00 bits per heavy atom. The average molecular weight is 309 g/mol. The molecule has 2 aromatic rings. The summed E-state index contributed by atoms with van der Waals surface area (Å²) >= 11 is 3.15. The van der Waals surface area contributed by atoms with Crippen molar-refractivity contribution in [3.8, 4) is 0 Å². The fraction of sp³-hybridized carbons (Fsp3) is 0. The zero-order valence-corrected chi connectivity index (χ0v) is 10.7. The average Bonchev–Trinajstić information content (AvgIpc) is 2.34. The van der Waals surface area contributed by atoms with Gasteiger partial charge in [-0.25, -0.2) is 4.98 Å². The van der Waals surface area contributed by atoms with E-state index in [4.69, 9.17) is 5.73 Å². The Kier molecular flexibility index (Phi) is 3.42. The first kappa shape index (κ1) is 12.3. The smallest absolute Gasteiger partial charge is 0.312 e. The second kappa shape index (κ2) is 5.01. The van der Waals surface area contributed by atoms with Gasteiger partial charge in [0.15, 0.2) is 0 Å². The molecule has 0 aliphatic carbocycles. The van der Waals surface area contributed by atoms with Gasteiger partial charge in [0.05, 0.1) is 4.92 Å². The van der Waals surface area contributed by atoms with Crippen LogP contribution in [-0.2, 0) is 0 Å². The molecule has 0 aliphatic heterocycles. The van der Waals surface area contributed by atoms with E-state index in [2.05, 4.69) is 26.2 Å². The molecule has 0 amide bonds. The summed E-state index contributed by atoms with van der Waals surface area (Å²) in [6.45, 7) is 0. The van der Waals surface area contributed by atoms with Crippen molar-refractivity contribution in [2.24, 2.45) is 0 Å². The largest absolute Gasteiger partial charge is 0.399 e. The summed E-state index contributed by atoms with van der Waals surface area (Å²) in [6, 6.07) is 8.25.